The number of ether oxygens (including phenoxy) is 1. The molecule has 4 N–H and O–H groups in total. The van der Waals surface area contributed by atoms with Crippen molar-refractivity contribution in [2.45, 2.75) is 19.8 Å². The van der Waals surface area contributed by atoms with Gasteiger partial charge in [-0.2, -0.15) is 0 Å². The van der Waals surface area contributed by atoms with Crippen molar-refractivity contribution in [2.24, 2.45) is 10.7 Å². The number of rotatable bonds is 4. The lowest BCUT2D eigenvalue weighted by atomic mass is 9.98. The molecule has 2 aromatic carbocycles. The summed E-state index contributed by atoms with van der Waals surface area (Å²) in [5.41, 5.74) is 9.08. The molecule has 6 heteroatoms. The van der Waals surface area contributed by atoms with E-state index in [0.29, 0.717) is 11.3 Å². The molecule has 0 unspecified atom stereocenters. The summed E-state index contributed by atoms with van der Waals surface area (Å²) in [5.74, 6) is 0.292. The highest BCUT2D eigenvalue weighted by molar-refractivity contribution is 6.01. The molecule has 0 amide bonds. The Labute approximate surface area is 153 Å². The zero-order valence-electron chi connectivity index (χ0n) is 15.1. The third kappa shape index (κ3) is 3.91. The molecule has 138 valence electrons. The molecule has 1 heterocycles. The van der Waals surface area contributed by atoms with Gasteiger partial charge in [-0.3, -0.25) is 0 Å². The summed E-state index contributed by atoms with van der Waals surface area (Å²) < 4.78 is 5.37. The van der Waals surface area contributed by atoms with E-state index < -0.39 is 0 Å². The Bertz CT molecular complexity index is 795. The number of aromatic hydroxyl groups is 2. The van der Waals surface area contributed by atoms with Crippen molar-refractivity contribution in [2.75, 3.05) is 31.2 Å². The molecular weight excluding hydrogens is 330 g/mol. The minimum absolute atomic E-state index is 0.0592. The van der Waals surface area contributed by atoms with Gasteiger partial charge < -0.3 is 25.6 Å². The highest BCUT2D eigenvalue weighted by Crippen LogP contribution is 2.32. The van der Waals surface area contributed by atoms with Crippen molar-refractivity contribution < 1.29 is 14.9 Å². The molecule has 1 fully saturated rings. The summed E-state index contributed by atoms with van der Waals surface area (Å²) >= 11 is 0. The fraction of sp³-hybridized carbons (Fsp3) is 0.350. The number of phenolic OH excluding ortho intramolecular Hbond substituents is 2. The topological polar surface area (TPSA) is 91.3 Å². The van der Waals surface area contributed by atoms with E-state index in [1.807, 2.05) is 38.1 Å². The van der Waals surface area contributed by atoms with Gasteiger partial charge in [0.2, 0.25) is 0 Å². The van der Waals surface area contributed by atoms with E-state index in [0.717, 1.165) is 37.6 Å². The highest BCUT2D eigenvalue weighted by atomic mass is 16.5. The molecule has 1 saturated heterocycles. The van der Waals surface area contributed by atoms with E-state index in [9.17, 15) is 10.2 Å². The van der Waals surface area contributed by atoms with E-state index >= 15 is 0 Å². The molecule has 2 aromatic rings. The molecule has 0 atom stereocenters. The fourth-order valence-corrected chi connectivity index (χ4v) is 3.02. The number of aliphatic imine (C=N–C) groups is 1. The molecule has 0 spiro atoms. The van der Waals surface area contributed by atoms with Crippen molar-refractivity contribution in [1.29, 1.82) is 0 Å². The first-order chi connectivity index (χ1) is 12.5. The molecule has 0 aliphatic carbocycles. The standard InChI is InChI=1S/C20H25N3O3/c1-13(2)16-11-17(19(25)12-18(16)24)20(21)22-14-3-5-15(6-4-14)23-7-9-26-10-8-23/h3-6,11-13,24-25H,7-10H2,1-2H3,(H2,21,22). The Morgan fingerprint density at radius 3 is 2.35 bits per heavy atom. The lowest BCUT2D eigenvalue weighted by molar-refractivity contribution is 0.122. The van der Waals surface area contributed by atoms with E-state index in [1.54, 1.807) is 6.07 Å². The van der Waals surface area contributed by atoms with E-state index in [2.05, 4.69) is 9.89 Å². The predicted molar refractivity (Wildman–Crippen MR) is 104 cm³/mol. The van der Waals surface area contributed by atoms with E-state index in [1.165, 1.54) is 6.07 Å². The second kappa shape index (κ2) is 7.66. The Morgan fingerprint density at radius 2 is 1.73 bits per heavy atom. The first-order valence-electron chi connectivity index (χ1n) is 8.79. The normalized spacial score (nSPS) is 15.5. The van der Waals surface area contributed by atoms with E-state index in [-0.39, 0.29) is 23.3 Å². The van der Waals surface area contributed by atoms with Gasteiger partial charge >= 0.3 is 0 Å². The molecule has 0 bridgehead atoms. The summed E-state index contributed by atoms with van der Waals surface area (Å²) in [4.78, 5) is 6.68. The van der Waals surface area contributed by atoms with Crippen LogP contribution in [0.1, 0.15) is 30.9 Å². The zero-order valence-corrected chi connectivity index (χ0v) is 15.1. The van der Waals surface area contributed by atoms with Crippen LogP contribution in [0.4, 0.5) is 11.4 Å². The van der Waals surface area contributed by atoms with Crippen molar-refractivity contribution >= 4 is 17.2 Å². The lowest BCUT2D eigenvalue weighted by Gasteiger charge is -2.28. The van der Waals surface area contributed by atoms with Gasteiger partial charge in [0.05, 0.1) is 24.5 Å². The smallest absolute Gasteiger partial charge is 0.135 e. The minimum atomic E-state index is -0.0851. The third-order valence-electron chi connectivity index (χ3n) is 4.52. The SMILES string of the molecule is CC(C)c1cc(C(N)=Nc2ccc(N3CCOCC3)cc2)c(O)cc1O. The zero-order chi connectivity index (χ0) is 18.7. The molecule has 0 saturated carbocycles. The first kappa shape index (κ1) is 18.1. The average molecular weight is 355 g/mol. The van der Waals surface area contributed by atoms with Crippen LogP contribution in [-0.2, 0) is 4.74 Å². The van der Waals surface area contributed by atoms with Gasteiger partial charge in [-0.25, -0.2) is 4.99 Å². The summed E-state index contributed by atoms with van der Waals surface area (Å²) in [6.07, 6.45) is 0. The summed E-state index contributed by atoms with van der Waals surface area (Å²) in [5, 5.41) is 20.1. The molecule has 0 radical (unpaired) electrons. The third-order valence-corrected chi connectivity index (χ3v) is 4.52. The maximum Gasteiger partial charge on any atom is 0.135 e. The van der Waals surface area contributed by atoms with Gasteiger partial charge in [0.1, 0.15) is 17.3 Å². The predicted octanol–water partition coefficient (Wildman–Crippen LogP) is 3.09. The molecule has 3 rings (SSSR count). The van der Waals surface area contributed by atoms with Crippen molar-refractivity contribution in [3.63, 3.8) is 0 Å². The van der Waals surface area contributed by atoms with Crippen LogP contribution in [0.2, 0.25) is 0 Å². The molecule has 1 aliphatic rings. The van der Waals surface area contributed by atoms with Crippen LogP contribution in [-0.4, -0.2) is 42.4 Å². The van der Waals surface area contributed by atoms with Crippen LogP contribution in [0.15, 0.2) is 41.4 Å². The van der Waals surface area contributed by atoms with Crippen LogP contribution in [0.25, 0.3) is 0 Å². The number of benzene rings is 2. The number of anilines is 1. The monoisotopic (exact) mass is 355 g/mol. The Morgan fingerprint density at radius 1 is 1.08 bits per heavy atom. The number of hydrogen-bond acceptors (Lipinski definition) is 5. The van der Waals surface area contributed by atoms with Crippen LogP contribution >= 0.6 is 0 Å². The quantitative estimate of drug-likeness (QED) is 0.579. The summed E-state index contributed by atoms with van der Waals surface area (Å²) in [7, 11) is 0. The molecule has 26 heavy (non-hydrogen) atoms. The molecule has 6 nitrogen and oxygen atoms in total. The van der Waals surface area contributed by atoms with Crippen molar-refractivity contribution in [3.05, 3.63) is 47.5 Å². The number of hydrogen-bond donors (Lipinski definition) is 3. The maximum absolute atomic E-state index is 10.1. The Kier molecular flexibility index (Phi) is 5.32. The van der Waals surface area contributed by atoms with Gasteiger partial charge in [0, 0.05) is 24.8 Å². The summed E-state index contributed by atoms with van der Waals surface area (Å²) in [6, 6.07) is 10.8. The van der Waals surface area contributed by atoms with Gasteiger partial charge in [-0.15, -0.1) is 0 Å². The number of phenols is 2. The van der Waals surface area contributed by atoms with Gasteiger partial charge in [0.25, 0.3) is 0 Å². The second-order valence-electron chi connectivity index (χ2n) is 6.70. The molecular formula is C20H25N3O3. The summed E-state index contributed by atoms with van der Waals surface area (Å²) in [6.45, 7) is 7.17. The van der Waals surface area contributed by atoms with Gasteiger partial charge in [-0.1, -0.05) is 13.8 Å². The highest BCUT2D eigenvalue weighted by Gasteiger charge is 2.14. The van der Waals surface area contributed by atoms with Crippen molar-refractivity contribution in [3.8, 4) is 11.5 Å². The van der Waals surface area contributed by atoms with E-state index in [4.69, 9.17) is 10.5 Å². The molecule has 0 aromatic heterocycles. The lowest BCUT2D eigenvalue weighted by Crippen LogP contribution is -2.36. The van der Waals surface area contributed by atoms with Crippen LogP contribution < -0.4 is 10.6 Å². The maximum atomic E-state index is 10.1. The minimum Gasteiger partial charge on any atom is -0.508 e. The number of amidine groups is 1. The number of morpholine rings is 1. The first-order valence-corrected chi connectivity index (χ1v) is 8.79. The fourth-order valence-electron chi connectivity index (χ4n) is 3.02. The Balaban J connectivity index is 1.84. The molecule has 1 aliphatic heterocycles. The van der Waals surface area contributed by atoms with Crippen LogP contribution in [0.3, 0.4) is 0 Å². The van der Waals surface area contributed by atoms with Gasteiger partial charge in [-0.05, 0) is 41.8 Å². The number of nitrogens with zero attached hydrogens (tertiary/aromatic N) is 2. The largest absolute Gasteiger partial charge is 0.508 e. The van der Waals surface area contributed by atoms with Crippen LogP contribution in [0.5, 0.6) is 11.5 Å². The van der Waals surface area contributed by atoms with Crippen LogP contribution in [0, 0.1) is 0 Å². The number of nitrogens with two attached hydrogens (primary N) is 1. The average Bonchev–Trinajstić information content (AvgIpc) is 2.62. The van der Waals surface area contributed by atoms with Gasteiger partial charge in [0.15, 0.2) is 0 Å². The second-order valence-corrected chi connectivity index (χ2v) is 6.70. The Hall–Kier alpha value is -2.73. The van der Waals surface area contributed by atoms with Crippen molar-refractivity contribution in [1.82, 2.24) is 0 Å².